The van der Waals surface area contributed by atoms with Gasteiger partial charge >= 0.3 is 0 Å². The maximum Gasteiger partial charge on any atom is 0.235 e. The van der Waals surface area contributed by atoms with E-state index in [0.29, 0.717) is 0 Å². The molecule has 1 atom stereocenters. The third-order valence-electron chi connectivity index (χ3n) is 5.26. The Bertz CT molecular complexity index is 961. The summed E-state index contributed by atoms with van der Waals surface area (Å²) in [6.45, 7) is 6.64. The lowest BCUT2D eigenvalue weighted by atomic mass is 10.2. The number of hydrogen-bond acceptors (Lipinski definition) is 7. The van der Waals surface area contributed by atoms with E-state index in [1.165, 1.54) is 29.3 Å². The van der Waals surface area contributed by atoms with Gasteiger partial charge in [-0.1, -0.05) is 48.5 Å². The Morgan fingerprint density at radius 2 is 1.93 bits per heavy atom. The summed E-state index contributed by atoms with van der Waals surface area (Å²) in [5.74, 6) is 1.87. The van der Waals surface area contributed by atoms with Crippen LogP contribution in [0.15, 0.2) is 33.8 Å². The van der Waals surface area contributed by atoms with E-state index in [1.54, 1.807) is 23.1 Å². The normalized spacial score (nSPS) is 16.0. The van der Waals surface area contributed by atoms with Crippen LogP contribution < -0.4 is 0 Å². The van der Waals surface area contributed by atoms with E-state index in [-0.39, 0.29) is 11.2 Å². The van der Waals surface area contributed by atoms with Crippen LogP contribution in [0.5, 0.6) is 0 Å². The topological polar surface area (TPSA) is 63.9 Å². The minimum atomic E-state index is -0.151. The predicted octanol–water partition coefficient (Wildman–Crippen LogP) is 5.08. The van der Waals surface area contributed by atoms with Gasteiger partial charge in [-0.25, -0.2) is 4.98 Å². The number of nitrogens with zero attached hydrogens (tertiary/aromatic N) is 5. The van der Waals surface area contributed by atoms with Crippen molar-refractivity contribution in [2.45, 2.75) is 66.6 Å². The lowest BCUT2D eigenvalue weighted by Crippen LogP contribution is -2.37. The lowest BCUT2D eigenvalue weighted by Gasteiger charge is -2.23. The number of hydrogen-bond donors (Lipinski definition) is 0. The molecular formula is C21H27N5OS3. The predicted molar refractivity (Wildman–Crippen MR) is 125 cm³/mol. The molecule has 0 spiro atoms. The number of thiazole rings is 1. The van der Waals surface area contributed by atoms with E-state index >= 15 is 0 Å². The van der Waals surface area contributed by atoms with Crippen molar-refractivity contribution in [3.63, 3.8) is 0 Å². The first-order valence-electron chi connectivity index (χ1n) is 10.5. The number of para-hydroxylation sites is 1. The number of carbonyl (C=O) groups is 1. The molecule has 0 N–H and O–H groups in total. The van der Waals surface area contributed by atoms with Gasteiger partial charge in [0, 0.05) is 19.6 Å². The minimum Gasteiger partial charge on any atom is -0.342 e. The van der Waals surface area contributed by atoms with E-state index in [0.717, 1.165) is 59.1 Å². The van der Waals surface area contributed by atoms with Crippen molar-refractivity contribution in [3.05, 3.63) is 30.1 Å². The van der Waals surface area contributed by atoms with Crippen LogP contribution in [0.2, 0.25) is 0 Å². The molecule has 1 aromatic carbocycles. The van der Waals surface area contributed by atoms with Crippen molar-refractivity contribution in [2.75, 3.05) is 13.1 Å². The Hall–Kier alpha value is -1.58. The van der Waals surface area contributed by atoms with E-state index in [9.17, 15) is 4.79 Å². The number of benzene rings is 1. The number of aromatic nitrogens is 4. The average Bonchev–Trinajstić information content (AvgIpc) is 3.24. The molecule has 3 aromatic rings. The first-order chi connectivity index (χ1) is 14.7. The maximum atomic E-state index is 12.9. The molecule has 0 aliphatic carbocycles. The molecule has 6 nitrogen and oxygen atoms in total. The number of likely N-dealkylation sites (tertiary alicyclic amines) is 1. The fraction of sp³-hybridized carbons (Fsp3) is 0.524. The van der Waals surface area contributed by atoms with Crippen molar-refractivity contribution in [2.24, 2.45) is 0 Å². The number of amides is 1. The monoisotopic (exact) mass is 461 g/mol. The molecule has 0 saturated carbocycles. The van der Waals surface area contributed by atoms with Crippen LogP contribution in [0.25, 0.3) is 10.2 Å². The molecule has 30 heavy (non-hydrogen) atoms. The van der Waals surface area contributed by atoms with Crippen LogP contribution in [0.4, 0.5) is 0 Å². The van der Waals surface area contributed by atoms with E-state index in [4.69, 9.17) is 0 Å². The van der Waals surface area contributed by atoms with Crippen LogP contribution in [0.1, 0.15) is 45.4 Å². The number of thioether (sulfide) groups is 2. The average molecular weight is 462 g/mol. The standard InChI is InChI=1S/C21H27N5OS3/c1-3-26-18(14-28-21-22-16-10-6-7-11-17(16)30-21)23-24-20(26)29-15(2)19(27)25-12-8-4-5-9-13-25/h6-7,10-11,15H,3-5,8-9,12-14H2,1-2H3. The molecule has 4 rings (SSSR count). The third-order valence-corrected chi connectivity index (χ3v) is 8.50. The Balaban J connectivity index is 1.40. The summed E-state index contributed by atoms with van der Waals surface area (Å²) in [5, 5.41) is 9.50. The molecule has 0 bridgehead atoms. The summed E-state index contributed by atoms with van der Waals surface area (Å²) >= 11 is 4.93. The highest BCUT2D eigenvalue weighted by molar-refractivity contribution is 8.00. The molecular weight excluding hydrogens is 434 g/mol. The highest BCUT2D eigenvalue weighted by atomic mass is 32.2. The Labute approximate surface area is 189 Å². The largest absolute Gasteiger partial charge is 0.342 e. The van der Waals surface area contributed by atoms with Gasteiger partial charge in [0.15, 0.2) is 9.50 Å². The Kier molecular flexibility index (Phi) is 7.32. The number of fused-ring (bicyclic) bond motifs is 1. The molecule has 1 unspecified atom stereocenters. The molecule has 1 aliphatic heterocycles. The number of rotatable bonds is 7. The zero-order chi connectivity index (χ0) is 20.9. The summed E-state index contributed by atoms with van der Waals surface area (Å²) in [5.41, 5.74) is 1.04. The molecule has 1 fully saturated rings. The third kappa shape index (κ3) is 5.00. The van der Waals surface area contributed by atoms with E-state index in [2.05, 4.69) is 32.7 Å². The molecule has 1 saturated heterocycles. The molecule has 3 heterocycles. The van der Waals surface area contributed by atoms with Crippen molar-refractivity contribution < 1.29 is 4.79 Å². The summed E-state index contributed by atoms with van der Waals surface area (Å²) in [7, 11) is 0. The Morgan fingerprint density at radius 1 is 1.17 bits per heavy atom. The molecule has 2 aromatic heterocycles. The van der Waals surface area contributed by atoms with Gasteiger partial charge in [-0.3, -0.25) is 4.79 Å². The summed E-state index contributed by atoms with van der Waals surface area (Å²) in [6.07, 6.45) is 4.68. The molecule has 160 valence electrons. The van der Waals surface area contributed by atoms with Gasteiger partial charge in [0.25, 0.3) is 0 Å². The van der Waals surface area contributed by atoms with Crippen molar-refractivity contribution in [3.8, 4) is 0 Å². The van der Waals surface area contributed by atoms with Crippen LogP contribution >= 0.6 is 34.9 Å². The second-order valence-electron chi connectivity index (χ2n) is 7.38. The second kappa shape index (κ2) is 10.2. The SMILES string of the molecule is CCn1c(CSc2nc3ccccc3s2)nnc1SC(C)C(=O)N1CCCCCC1. The van der Waals surface area contributed by atoms with Gasteiger partial charge in [0.1, 0.15) is 5.82 Å². The van der Waals surface area contributed by atoms with Crippen LogP contribution in [0.3, 0.4) is 0 Å². The first kappa shape index (κ1) is 21.6. The van der Waals surface area contributed by atoms with Gasteiger partial charge in [-0.2, -0.15) is 0 Å². The van der Waals surface area contributed by atoms with Crippen LogP contribution in [-0.2, 0) is 17.1 Å². The highest BCUT2D eigenvalue weighted by Gasteiger charge is 2.24. The van der Waals surface area contributed by atoms with Crippen molar-refractivity contribution >= 4 is 51.0 Å². The molecule has 9 heteroatoms. The second-order valence-corrected chi connectivity index (χ2v) is 10.9. The van der Waals surface area contributed by atoms with E-state index < -0.39 is 0 Å². The number of carbonyl (C=O) groups excluding carboxylic acids is 1. The van der Waals surface area contributed by atoms with Gasteiger partial charge in [0.05, 0.1) is 21.2 Å². The van der Waals surface area contributed by atoms with Crippen LogP contribution in [-0.4, -0.2) is 48.9 Å². The zero-order valence-corrected chi connectivity index (χ0v) is 19.9. The smallest absolute Gasteiger partial charge is 0.235 e. The highest BCUT2D eigenvalue weighted by Crippen LogP contribution is 2.32. The quantitative estimate of drug-likeness (QED) is 0.457. The summed E-state index contributed by atoms with van der Waals surface area (Å²) < 4.78 is 4.37. The fourth-order valence-corrected chi connectivity index (χ4v) is 6.65. The summed E-state index contributed by atoms with van der Waals surface area (Å²) in [6, 6.07) is 8.20. The minimum absolute atomic E-state index is 0.151. The van der Waals surface area contributed by atoms with Crippen molar-refractivity contribution in [1.29, 1.82) is 0 Å². The molecule has 1 amide bonds. The van der Waals surface area contributed by atoms with Gasteiger partial charge < -0.3 is 9.47 Å². The molecule has 0 radical (unpaired) electrons. The Morgan fingerprint density at radius 3 is 2.67 bits per heavy atom. The lowest BCUT2D eigenvalue weighted by molar-refractivity contribution is -0.130. The summed E-state index contributed by atoms with van der Waals surface area (Å²) in [4.78, 5) is 19.6. The molecule has 1 aliphatic rings. The van der Waals surface area contributed by atoms with Gasteiger partial charge in [-0.15, -0.1) is 21.5 Å². The maximum absolute atomic E-state index is 12.9. The fourth-order valence-electron chi connectivity index (χ4n) is 3.63. The first-order valence-corrected chi connectivity index (χ1v) is 13.2. The zero-order valence-electron chi connectivity index (χ0n) is 17.4. The van der Waals surface area contributed by atoms with E-state index in [1.807, 2.05) is 30.0 Å². The van der Waals surface area contributed by atoms with Gasteiger partial charge in [-0.05, 0) is 38.8 Å². The van der Waals surface area contributed by atoms with Crippen molar-refractivity contribution in [1.82, 2.24) is 24.6 Å². The van der Waals surface area contributed by atoms with Gasteiger partial charge in [0.2, 0.25) is 5.91 Å². The van der Waals surface area contributed by atoms with Crippen LogP contribution in [0, 0.1) is 0 Å².